The second-order valence-corrected chi connectivity index (χ2v) is 4.06. The Morgan fingerprint density at radius 2 is 1.77 bits per heavy atom. The van der Waals surface area contributed by atoms with E-state index in [1.807, 2.05) is 0 Å². The molecule has 0 heteroatoms. The lowest BCUT2D eigenvalue weighted by molar-refractivity contribution is 0.659. The average Bonchev–Trinajstić information content (AvgIpc) is 2.14. The predicted molar refractivity (Wildman–Crippen MR) is 61.9 cm³/mol. The van der Waals surface area contributed by atoms with Gasteiger partial charge in [0, 0.05) is 0 Å². The highest BCUT2D eigenvalue weighted by Gasteiger charge is 2.06. The highest BCUT2D eigenvalue weighted by molar-refractivity contribution is 5.14. The third kappa shape index (κ3) is 4.31. The quantitative estimate of drug-likeness (QED) is 0.549. The molecule has 0 aromatic carbocycles. The Morgan fingerprint density at radius 3 is 2.15 bits per heavy atom. The summed E-state index contributed by atoms with van der Waals surface area (Å²) in [4.78, 5) is 0. The van der Waals surface area contributed by atoms with Gasteiger partial charge < -0.3 is 0 Å². The molecule has 0 rings (SSSR count). The van der Waals surface area contributed by atoms with Crippen LogP contribution in [0.15, 0.2) is 22.8 Å². The van der Waals surface area contributed by atoms with Gasteiger partial charge in [0.05, 0.1) is 0 Å². The minimum Gasteiger partial charge on any atom is -0.0887 e. The second-order valence-electron chi connectivity index (χ2n) is 4.06. The fraction of sp³-hybridized carbons (Fsp3) is 0.692. The number of allylic oxidation sites excluding steroid dienone is 4. The molecule has 13 heavy (non-hydrogen) atoms. The van der Waals surface area contributed by atoms with E-state index in [-0.39, 0.29) is 0 Å². The van der Waals surface area contributed by atoms with Gasteiger partial charge in [-0.1, -0.05) is 36.6 Å². The Kier molecular flexibility index (Phi) is 5.77. The third-order valence-electron chi connectivity index (χ3n) is 3.06. The van der Waals surface area contributed by atoms with E-state index in [1.165, 1.54) is 18.4 Å². The molecule has 0 amide bonds. The first-order valence-corrected chi connectivity index (χ1v) is 5.30. The summed E-state index contributed by atoms with van der Waals surface area (Å²) in [6.07, 6.45) is 4.61. The normalized spacial score (nSPS) is 16.9. The zero-order chi connectivity index (χ0) is 10.4. The van der Waals surface area contributed by atoms with E-state index in [1.54, 1.807) is 11.1 Å². The molecule has 0 aromatic heterocycles. The molecule has 0 aliphatic heterocycles. The van der Waals surface area contributed by atoms with E-state index >= 15 is 0 Å². The molecule has 0 spiro atoms. The second kappa shape index (κ2) is 6.01. The zero-order valence-corrected chi connectivity index (χ0v) is 10.1. The molecule has 0 aliphatic carbocycles. The average molecular weight is 180 g/mol. The van der Waals surface area contributed by atoms with Crippen LogP contribution < -0.4 is 0 Å². The minimum absolute atomic E-state index is 0.705. The maximum Gasteiger partial charge on any atom is -0.0195 e. The van der Waals surface area contributed by atoms with Gasteiger partial charge in [0.2, 0.25) is 0 Å². The number of hydrogen-bond acceptors (Lipinski definition) is 0. The van der Waals surface area contributed by atoms with E-state index in [4.69, 9.17) is 0 Å². The van der Waals surface area contributed by atoms with Gasteiger partial charge >= 0.3 is 0 Å². The Bertz CT molecular complexity index is 206. The Hall–Kier alpha value is -0.520. The molecule has 0 radical (unpaired) electrons. The van der Waals surface area contributed by atoms with Crippen molar-refractivity contribution in [2.45, 2.75) is 54.4 Å². The van der Waals surface area contributed by atoms with Crippen molar-refractivity contribution >= 4 is 0 Å². The Morgan fingerprint density at radius 1 is 1.23 bits per heavy atom. The minimum atomic E-state index is 0.705. The third-order valence-corrected chi connectivity index (χ3v) is 3.06. The van der Waals surface area contributed by atoms with E-state index in [0.717, 1.165) is 0 Å². The van der Waals surface area contributed by atoms with Crippen LogP contribution in [0.1, 0.15) is 54.4 Å². The SMILES string of the molecule is CC=C(C)CC(C)C(C)=C(C)CC. The highest BCUT2D eigenvalue weighted by Crippen LogP contribution is 2.22. The van der Waals surface area contributed by atoms with E-state index < -0.39 is 0 Å². The van der Waals surface area contributed by atoms with Crippen molar-refractivity contribution in [3.8, 4) is 0 Å². The lowest BCUT2D eigenvalue weighted by atomic mass is 9.91. The standard InChI is InChI=1S/C13H24/c1-7-10(3)9-12(5)13(6)11(4)8-2/h7,12H,8-9H2,1-6H3. The van der Waals surface area contributed by atoms with Crippen molar-refractivity contribution in [3.05, 3.63) is 22.8 Å². The summed E-state index contributed by atoms with van der Waals surface area (Å²) in [5.41, 5.74) is 4.62. The summed E-state index contributed by atoms with van der Waals surface area (Å²) in [7, 11) is 0. The molecule has 0 heterocycles. The van der Waals surface area contributed by atoms with Crippen LogP contribution in [0, 0.1) is 5.92 Å². The lowest BCUT2D eigenvalue weighted by Gasteiger charge is -2.15. The first-order valence-electron chi connectivity index (χ1n) is 5.30. The molecule has 0 saturated carbocycles. The maximum atomic E-state index is 2.32. The molecule has 0 saturated heterocycles. The van der Waals surface area contributed by atoms with E-state index in [2.05, 4.69) is 47.6 Å². The van der Waals surface area contributed by atoms with Crippen LogP contribution in [0.2, 0.25) is 0 Å². The van der Waals surface area contributed by atoms with Gasteiger partial charge in [-0.3, -0.25) is 0 Å². The Balaban J connectivity index is 4.35. The first-order chi connectivity index (χ1) is 6.02. The molecular formula is C13H24. The molecule has 0 N–H and O–H groups in total. The maximum absolute atomic E-state index is 2.32. The molecule has 76 valence electrons. The summed E-state index contributed by atoms with van der Waals surface area (Å²) in [5.74, 6) is 0.705. The number of hydrogen-bond donors (Lipinski definition) is 0. The summed E-state index contributed by atoms with van der Waals surface area (Å²) < 4.78 is 0. The van der Waals surface area contributed by atoms with Gasteiger partial charge in [0.25, 0.3) is 0 Å². The summed E-state index contributed by atoms with van der Waals surface area (Å²) >= 11 is 0. The summed E-state index contributed by atoms with van der Waals surface area (Å²) in [6, 6.07) is 0. The molecule has 0 aliphatic rings. The largest absolute Gasteiger partial charge is 0.0887 e. The first kappa shape index (κ1) is 12.5. The van der Waals surface area contributed by atoms with Crippen LogP contribution in [0.3, 0.4) is 0 Å². The van der Waals surface area contributed by atoms with Gasteiger partial charge in [0.15, 0.2) is 0 Å². The fourth-order valence-electron chi connectivity index (χ4n) is 1.45. The molecule has 1 atom stereocenters. The van der Waals surface area contributed by atoms with Gasteiger partial charge in [-0.25, -0.2) is 0 Å². The van der Waals surface area contributed by atoms with Crippen molar-refractivity contribution in [3.63, 3.8) is 0 Å². The Labute approximate surface area is 83.7 Å². The highest BCUT2D eigenvalue weighted by atomic mass is 14.1. The molecule has 0 bridgehead atoms. The van der Waals surface area contributed by atoms with E-state index in [9.17, 15) is 0 Å². The van der Waals surface area contributed by atoms with Crippen molar-refractivity contribution in [2.24, 2.45) is 5.92 Å². The topological polar surface area (TPSA) is 0 Å². The van der Waals surface area contributed by atoms with Gasteiger partial charge in [-0.2, -0.15) is 0 Å². The van der Waals surface area contributed by atoms with Crippen LogP contribution >= 0.6 is 0 Å². The zero-order valence-electron chi connectivity index (χ0n) is 10.1. The van der Waals surface area contributed by atoms with Crippen molar-refractivity contribution in [2.75, 3.05) is 0 Å². The monoisotopic (exact) mass is 180 g/mol. The molecule has 0 fully saturated rings. The van der Waals surface area contributed by atoms with Crippen molar-refractivity contribution < 1.29 is 0 Å². The van der Waals surface area contributed by atoms with Crippen LogP contribution in [-0.4, -0.2) is 0 Å². The van der Waals surface area contributed by atoms with Gasteiger partial charge in [-0.05, 0) is 46.5 Å². The molecular weight excluding hydrogens is 156 g/mol. The van der Waals surface area contributed by atoms with Crippen molar-refractivity contribution in [1.29, 1.82) is 0 Å². The molecule has 1 unspecified atom stereocenters. The number of rotatable bonds is 4. The van der Waals surface area contributed by atoms with Crippen molar-refractivity contribution in [1.82, 2.24) is 0 Å². The van der Waals surface area contributed by atoms with Gasteiger partial charge in [0.1, 0.15) is 0 Å². The fourth-order valence-corrected chi connectivity index (χ4v) is 1.45. The predicted octanol–water partition coefficient (Wildman–Crippen LogP) is 4.73. The smallest absolute Gasteiger partial charge is 0.0195 e. The van der Waals surface area contributed by atoms with Gasteiger partial charge in [-0.15, -0.1) is 0 Å². The summed E-state index contributed by atoms with van der Waals surface area (Å²) in [6.45, 7) is 13.4. The van der Waals surface area contributed by atoms with Crippen LogP contribution in [0.5, 0.6) is 0 Å². The summed E-state index contributed by atoms with van der Waals surface area (Å²) in [5, 5.41) is 0. The van der Waals surface area contributed by atoms with Crippen LogP contribution in [0.4, 0.5) is 0 Å². The molecule has 0 aromatic rings. The lowest BCUT2D eigenvalue weighted by Crippen LogP contribution is -1.99. The molecule has 0 nitrogen and oxygen atoms in total. The van der Waals surface area contributed by atoms with E-state index in [0.29, 0.717) is 5.92 Å². The van der Waals surface area contributed by atoms with Crippen LogP contribution in [0.25, 0.3) is 0 Å². The van der Waals surface area contributed by atoms with Crippen LogP contribution in [-0.2, 0) is 0 Å².